The monoisotopic (exact) mass is 146 g/mol. The SMILES string of the molecule is N#Cc1ccccc1/C=N\O. The van der Waals surface area contributed by atoms with E-state index < -0.39 is 0 Å². The smallest absolute Gasteiger partial charge is 0.0998 e. The van der Waals surface area contributed by atoms with E-state index in [2.05, 4.69) is 5.16 Å². The minimum Gasteiger partial charge on any atom is -0.411 e. The van der Waals surface area contributed by atoms with Crippen LogP contribution in [0.3, 0.4) is 0 Å². The van der Waals surface area contributed by atoms with Crippen LogP contribution < -0.4 is 0 Å². The molecule has 0 radical (unpaired) electrons. The zero-order valence-electron chi connectivity index (χ0n) is 5.73. The third-order valence-electron chi connectivity index (χ3n) is 1.28. The summed E-state index contributed by atoms with van der Waals surface area (Å²) in [6.07, 6.45) is 1.23. The van der Waals surface area contributed by atoms with Gasteiger partial charge in [-0.05, 0) is 6.07 Å². The molecule has 0 fully saturated rings. The maximum atomic E-state index is 8.55. The highest BCUT2D eigenvalue weighted by Crippen LogP contribution is 2.03. The van der Waals surface area contributed by atoms with E-state index >= 15 is 0 Å². The van der Waals surface area contributed by atoms with Crippen molar-refractivity contribution in [2.75, 3.05) is 0 Å². The number of nitriles is 1. The summed E-state index contributed by atoms with van der Waals surface area (Å²) in [5.41, 5.74) is 1.13. The molecule has 0 saturated carbocycles. The van der Waals surface area contributed by atoms with Gasteiger partial charge in [-0.25, -0.2) is 0 Å². The molecule has 0 aromatic heterocycles. The molecule has 0 aliphatic carbocycles. The van der Waals surface area contributed by atoms with E-state index in [9.17, 15) is 0 Å². The summed E-state index contributed by atoms with van der Waals surface area (Å²) in [4.78, 5) is 0. The first kappa shape index (κ1) is 7.29. The molecule has 0 saturated heterocycles. The lowest BCUT2D eigenvalue weighted by molar-refractivity contribution is 0.322. The van der Waals surface area contributed by atoms with Gasteiger partial charge in [0, 0.05) is 5.56 Å². The maximum absolute atomic E-state index is 8.55. The van der Waals surface area contributed by atoms with Gasteiger partial charge in [0.15, 0.2) is 0 Å². The summed E-state index contributed by atoms with van der Waals surface area (Å²) >= 11 is 0. The first-order valence-corrected chi connectivity index (χ1v) is 3.05. The standard InChI is InChI=1S/C8H6N2O/c9-5-7-3-1-2-4-8(7)6-10-11/h1-4,6,11H/b10-6-. The Hall–Kier alpha value is -1.82. The zero-order valence-corrected chi connectivity index (χ0v) is 5.73. The molecule has 54 valence electrons. The van der Waals surface area contributed by atoms with Crippen LogP contribution in [0.25, 0.3) is 0 Å². The third-order valence-corrected chi connectivity index (χ3v) is 1.28. The van der Waals surface area contributed by atoms with Crippen LogP contribution in [0.2, 0.25) is 0 Å². The fourth-order valence-electron chi connectivity index (χ4n) is 0.774. The lowest BCUT2D eigenvalue weighted by Crippen LogP contribution is -1.85. The normalized spacial score (nSPS) is 9.73. The molecule has 0 unspecified atom stereocenters. The molecule has 0 atom stereocenters. The summed E-state index contributed by atoms with van der Waals surface area (Å²) in [6, 6.07) is 8.88. The van der Waals surface area contributed by atoms with Crippen LogP contribution in [-0.4, -0.2) is 11.4 Å². The van der Waals surface area contributed by atoms with Crippen molar-refractivity contribution >= 4 is 6.21 Å². The average Bonchev–Trinajstić information content (AvgIpc) is 2.06. The van der Waals surface area contributed by atoms with Crippen molar-refractivity contribution in [3.8, 4) is 6.07 Å². The van der Waals surface area contributed by atoms with E-state index in [4.69, 9.17) is 10.5 Å². The van der Waals surface area contributed by atoms with Crippen molar-refractivity contribution in [3.63, 3.8) is 0 Å². The van der Waals surface area contributed by atoms with Crippen molar-refractivity contribution in [2.45, 2.75) is 0 Å². The largest absolute Gasteiger partial charge is 0.411 e. The van der Waals surface area contributed by atoms with Crippen LogP contribution >= 0.6 is 0 Å². The van der Waals surface area contributed by atoms with Gasteiger partial charge in [-0.3, -0.25) is 0 Å². The molecule has 1 aromatic rings. The second-order valence-corrected chi connectivity index (χ2v) is 1.94. The molecular weight excluding hydrogens is 140 g/mol. The first-order valence-electron chi connectivity index (χ1n) is 3.05. The molecule has 1 aromatic carbocycles. The van der Waals surface area contributed by atoms with E-state index in [0.29, 0.717) is 11.1 Å². The van der Waals surface area contributed by atoms with Crippen LogP contribution in [0, 0.1) is 11.3 Å². The van der Waals surface area contributed by atoms with E-state index in [1.54, 1.807) is 24.3 Å². The molecule has 11 heavy (non-hydrogen) atoms. The lowest BCUT2D eigenvalue weighted by atomic mass is 10.1. The first-order chi connectivity index (χ1) is 5.38. The Labute approximate surface area is 64.2 Å². The number of nitrogens with zero attached hydrogens (tertiary/aromatic N) is 2. The molecule has 3 heteroatoms. The second kappa shape index (κ2) is 3.37. The van der Waals surface area contributed by atoms with Crippen molar-refractivity contribution in [2.24, 2.45) is 5.16 Å². The van der Waals surface area contributed by atoms with Gasteiger partial charge in [-0.1, -0.05) is 23.4 Å². The van der Waals surface area contributed by atoms with Crippen LogP contribution in [0.1, 0.15) is 11.1 Å². The molecule has 1 N–H and O–H groups in total. The van der Waals surface area contributed by atoms with Gasteiger partial charge in [-0.2, -0.15) is 5.26 Å². The topological polar surface area (TPSA) is 56.4 Å². The third kappa shape index (κ3) is 1.55. The van der Waals surface area contributed by atoms with E-state index in [0.717, 1.165) is 0 Å². The molecule has 0 aliphatic rings. The van der Waals surface area contributed by atoms with Crippen molar-refractivity contribution < 1.29 is 5.21 Å². The van der Waals surface area contributed by atoms with Crippen molar-refractivity contribution in [1.29, 1.82) is 5.26 Å². The average molecular weight is 146 g/mol. The highest BCUT2D eigenvalue weighted by molar-refractivity contribution is 5.82. The highest BCUT2D eigenvalue weighted by Gasteiger charge is 1.95. The second-order valence-electron chi connectivity index (χ2n) is 1.94. The minimum absolute atomic E-state index is 0.505. The van der Waals surface area contributed by atoms with Crippen LogP contribution in [-0.2, 0) is 0 Å². The van der Waals surface area contributed by atoms with Gasteiger partial charge in [0.05, 0.1) is 17.8 Å². The Kier molecular flexibility index (Phi) is 2.24. The van der Waals surface area contributed by atoms with Gasteiger partial charge in [0.2, 0.25) is 0 Å². The van der Waals surface area contributed by atoms with Crippen LogP contribution in [0.5, 0.6) is 0 Å². The number of benzene rings is 1. The molecule has 0 amide bonds. The predicted molar refractivity (Wildman–Crippen MR) is 40.5 cm³/mol. The summed E-state index contributed by atoms with van der Waals surface area (Å²) in [5, 5.41) is 19.6. The summed E-state index contributed by atoms with van der Waals surface area (Å²) in [5.74, 6) is 0. The number of hydrogen-bond donors (Lipinski definition) is 1. The van der Waals surface area contributed by atoms with Crippen molar-refractivity contribution in [1.82, 2.24) is 0 Å². The summed E-state index contributed by atoms with van der Waals surface area (Å²) < 4.78 is 0. The molecule has 0 aliphatic heterocycles. The van der Waals surface area contributed by atoms with Crippen LogP contribution in [0.15, 0.2) is 29.4 Å². The van der Waals surface area contributed by atoms with E-state index in [1.807, 2.05) is 6.07 Å². The van der Waals surface area contributed by atoms with E-state index in [1.165, 1.54) is 6.21 Å². The fourth-order valence-corrected chi connectivity index (χ4v) is 0.774. The Balaban J connectivity index is 3.15. The summed E-state index contributed by atoms with van der Waals surface area (Å²) in [6.45, 7) is 0. The molecule has 0 bridgehead atoms. The van der Waals surface area contributed by atoms with Gasteiger partial charge in [-0.15, -0.1) is 0 Å². The lowest BCUT2D eigenvalue weighted by Gasteiger charge is -1.92. The number of oxime groups is 1. The Morgan fingerprint density at radius 1 is 1.45 bits per heavy atom. The predicted octanol–water partition coefficient (Wildman–Crippen LogP) is 1.37. The summed E-state index contributed by atoms with van der Waals surface area (Å²) in [7, 11) is 0. The molecule has 1 rings (SSSR count). The quantitative estimate of drug-likeness (QED) is 0.369. The van der Waals surface area contributed by atoms with Crippen LogP contribution in [0.4, 0.5) is 0 Å². The van der Waals surface area contributed by atoms with Crippen molar-refractivity contribution in [3.05, 3.63) is 35.4 Å². The molecular formula is C8H6N2O. The van der Waals surface area contributed by atoms with E-state index in [-0.39, 0.29) is 0 Å². The Bertz CT molecular complexity index is 312. The number of hydrogen-bond acceptors (Lipinski definition) is 3. The van der Waals surface area contributed by atoms with Gasteiger partial charge in [0.25, 0.3) is 0 Å². The fraction of sp³-hybridized carbons (Fsp3) is 0. The van der Waals surface area contributed by atoms with Gasteiger partial charge < -0.3 is 5.21 Å². The van der Waals surface area contributed by atoms with Gasteiger partial charge in [0.1, 0.15) is 0 Å². The molecule has 0 heterocycles. The highest BCUT2D eigenvalue weighted by atomic mass is 16.4. The van der Waals surface area contributed by atoms with Gasteiger partial charge >= 0.3 is 0 Å². The minimum atomic E-state index is 0.505. The molecule has 0 spiro atoms. The molecule has 3 nitrogen and oxygen atoms in total. The number of rotatable bonds is 1. The Morgan fingerprint density at radius 2 is 2.18 bits per heavy atom. The Morgan fingerprint density at radius 3 is 2.82 bits per heavy atom. The maximum Gasteiger partial charge on any atom is 0.0998 e. The zero-order chi connectivity index (χ0) is 8.10.